The Balaban J connectivity index is 2.23. The molecule has 1 fully saturated rings. The average Bonchev–Trinajstić information content (AvgIpc) is 2.28. The number of anilines is 1. The molecule has 1 aromatic rings. The Morgan fingerprint density at radius 3 is 2.94 bits per heavy atom. The fourth-order valence-corrected chi connectivity index (χ4v) is 2.88. The van der Waals surface area contributed by atoms with E-state index >= 15 is 0 Å². The van der Waals surface area contributed by atoms with Gasteiger partial charge in [0, 0.05) is 16.7 Å². The Bertz CT molecular complexity index is 452. The van der Waals surface area contributed by atoms with Gasteiger partial charge in [0.2, 0.25) is 5.91 Å². The summed E-state index contributed by atoms with van der Waals surface area (Å²) < 4.78 is 0.983. The van der Waals surface area contributed by atoms with Crippen LogP contribution in [0.2, 0.25) is 0 Å². The van der Waals surface area contributed by atoms with Gasteiger partial charge in [0.15, 0.2) is 0 Å². The highest BCUT2D eigenvalue weighted by atomic mass is 79.9. The van der Waals surface area contributed by atoms with Gasteiger partial charge in [-0.15, -0.1) is 0 Å². The van der Waals surface area contributed by atoms with E-state index in [1.165, 1.54) is 0 Å². The van der Waals surface area contributed by atoms with Gasteiger partial charge in [-0.3, -0.25) is 4.79 Å². The molecule has 0 aromatic heterocycles. The molecule has 0 spiro atoms. The van der Waals surface area contributed by atoms with E-state index in [2.05, 4.69) is 26.1 Å². The van der Waals surface area contributed by atoms with Crippen LogP contribution in [0.1, 0.15) is 12.8 Å². The molecule has 5 heteroatoms. The van der Waals surface area contributed by atoms with Crippen LogP contribution in [0.15, 0.2) is 28.7 Å². The monoisotopic (exact) mass is 311 g/mol. The second-order valence-electron chi connectivity index (χ2n) is 4.92. The lowest BCUT2D eigenvalue weighted by molar-refractivity contribution is -0.123. The molecule has 98 valence electrons. The van der Waals surface area contributed by atoms with Gasteiger partial charge in [0.05, 0.1) is 0 Å². The molecule has 18 heavy (non-hydrogen) atoms. The number of benzene rings is 1. The molecule has 1 saturated heterocycles. The largest absolute Gasteiger partial charge is 0.370 e. The molecule has 1 aliphatic heterocycles. The maximum atomic E-state index is 11.8. The van der Waals surface area contributed by atoms with Crippen molar-refractivity contribution >= 4 is 27.5 Å². The number of nitrogens with zero attached hydrogens (tertiary/aromatic N) is 1. The second kappa shape index (κ2) is 5.28. The summed E-state index contributed by atoms with van der Waals surface area (Å²) in [5, 5.41) is 3.32. The van der Waals surface area contributed by atoms with Crippen LogP contribution in [0.5, 0.6) is 0 Å². The van der Waals surface area contributed by atoms with Crippen molar-refractivity contribution in [1.29, 1.82) is 0 Å². The van der Waals surface area contributed by atoms with Gasteiger partial charge in [-0.1, -0.05) is 22.0 Å². The summed E-state index contributed by atoms with van der Waals surface area (Å²) in [5.41, 5.74) is 5.87. The van der Waals surface area contributed by atoms with Crippen molar-refractivity contribution in [3.63, 3.8) is 0 Å². The van der Waals surface area contributed by atoms with Gasteiger partial charge in [0.1, 0.15) is 5.54 Å². The van der Waals surface area contributed by atoms with Gasteiger partial charge >= 0.3 is 0 Å². The van der Waals surface area contributed by atoms with Crippen molar-refractivity contribution in [2.24, 2.45) is 5.73 Å². The lowest BCUT2D eigenvalue weighted by Crippen LogP contribution is -2.59. The highest BCUT2D eigenvalue weighted by molar-refractivity contribution is 9.10. The summed E-state index contributed by atoms with van der Waals surface area (Å²) >= 11 is 3.43. The fraction of sp³-hybridized carbons (Fsp3) is 0.462. The smallest absolute Gasteiger partial charge is 0.244 e. The zero-order chi connectivity index (χ0) is 13.2. The summed E-state index contributed by atoms with van der Waals surface area (Å²) in [6, 6.07) is 7.80. The molecule has 1 atom stereocenters. The van der Waals surface area contributed by atoms with Crippen LogP contribution in [0, 0.1) is 0 Å². The number of piperidine rings is 1. The highest BCUT2D eigenvalue weighted by Gasteiger charge is 2.39. The molecule has 0 bridgehead atoms. The molecule has 3 N–H and O–H groups in total. The van der Waals surface area contributed by atoms with Crippen LogP contribution in [-0.4, -0.2) is 36.5 Å². The average molecular weight is 312 g/mol. The summed E-state index contributed by atoms with van der Waals surface area (Å²) in [6.07, 6.45) is 1.75. The molecule has 0 radical (unpaired) electrons. The predicted octanol–water partition coefficient (Wildman–Crippen LogP) is 1.81. The number of likely N-dealkylation sites (tertiary alicyclic amines) is 1. The first kappa shape index (κ1) is 13.4. The van der Waals surface area contributed by atoms with Crippen LogP contribution in [0.3, 0.4) is 0 Å². The standard InChI is InChI=1S/C13H18BrN3O/c1-17-7-3-6-13(9-17,12(15)18)16-11-5-2-4-10(14)8-11/h2,4-5,8,16H,3,6-7,9H2,1H3,(H2,15,18). The third-order valence-corrected chi connectivity index (χ3v) is 3.86. The number of rotatable bonds is 3. The third kappa shape index (κ3) is 2.84. The van der Waals surface area contributed by atoms with Gasteiger partial charge in [0.25, 0.3) is 0 Å². The van der Waals surface area contributed by atoms with E-state index in [4.69, 9.17) is 5.73 Å². The summed E-state index contributed by atoms with van der Waals surface area (Å²) in [4.78, 5) is 14.0. The molecule has 1 amide bonds. The Labute approximate surface area is 116 Å². The minimum Gasteiger partial charge on any atom is -0.370 e. The zero-order valence-electron chi connectivity index (χ0n) is 10.4. The maximum Gasteiger partial charge on any atom is 0.244 e. The first-order valence-electron chi connectivity index (χ1n) is 6.04. The Kier molecular flexibility index (Phi) is 3.92. The van der Waals surface area contributed by atoms with Crippen molar-refractivity contribution in [3.8, 4) is 0 Å². The maximum absolute atomic E-state index is 11.8. The topological polar surface area (TPSA) is 58.4 Å². The minimum atomic E-state index is -0.659. The number of hydrogen-bond donors (Lipinski definition) is 2. The third-order valence-electron chi connectivity index (χ3n) is 3.36. The van der Waals surface area contributed by atoms with E-state index in [-0.39, 0.29) is 5.91 Å². The minimum absolute atomic E-state index is 0.283. The van der Waals surface area contributed by atoms with Crippen LogP contribution in [-0.2, 0) is 4.79 Å². The number of halogens is 1. The quantitative estimate of drug-likeness (QED) is 0.895. The molecule has 1 aliphatic rings. The van der Waals surface area contributed by atoms with Crippen LogP contribution >= 0.6 is 15.9 Å². The Morgan fingerprint density at radius 1 is 1.56 bits per heavy atom. The lowest BCUT2D eigenvalue weighted by atomic mass is 9.88. The summed E-state index contributed by atoms with van der Waals surface area (Å²) in [6.45, 7) is 1.66. The second-order valence-corrected chi connectivity index (χ2v) is 5.84. The Morgan fingerprint density at radius 2 is 2.33 bits per heavy atom. The lowest BCUT2D eigenvalue weighted by Gasteiger charge is -2.40. The van der Waals surface area contributed by atoms with Crippen molar-refractivity contribution < 1.29 is 4.79 Å². The number of primary amides is 1. The van der Waals surface area contributed by atoms with E-state index < -0.39 is 5.54 Å². The molecule has 1 unspecified atom stereocenters. The van der Waals surface area contributed by atoms with Crippen molar-refractivity contribution in [3.05, 3.63) is 28.7 Å². The number of hydrogen-bond acceptors (Lipinski definition) is 3. The first-order chi connectivity index (χ1) is 8.52. The van der Waals surface area contributed by atoms with Gasteiger partial charge in [-0.25, -0.2) is 0 Å². The number of nitrogens with two attached hydrogens (primary N) is 1. The Hall–Kier alpha value is -1.07. The number of carbonyl (C=O) groups excluding carboxylic acids is 1. The van der Waals surface area contributed by atoms with Gasteiger partial charge < -0.3 is 16.0 Å². The van der Waals surface area contributed by atoms with Gasteiger partial charge in [-0.05, 0) is 44.6 Å². The molecule has 0 saturated carbocycles. The molecule has 4 nitrogen and oxygen atoms in total. The molecule has 1 aromatic carbocycles. The highest BCUT2D eigenvalue weighted by Crippen LogP contribution is 2.26. The van der Waals surface area contributed by atoms with E-state index in [1.807, 2.05) is 31.3 Å². The van der Waals surface area contributed by atoms with Crippen LogP contribution in [0.4, 0.5) is 5.69 Å². The van der Waals surface area contributed by atoms with Crippen LogP contribution < -0.4 is 11.1 Å². The zero-order valence-corrected chi connectivity index (χ0v) is 12.0. The number of nitrogens with one attached hydrogen (secondary N) is 1. The van der Waals surface area contributed by atoms with Crippen LogP contribution in [0.25, 0.3) is 0 Å². The molecule has 0 aliphatic carbocycles. The number of carbonyl (C=O) groups is 1. The van der Waals surface area contributed by atoms with E-state index in [0.29, 0.717) is 6.54 Å². The number of amides is 1. The fourth-order valence-electron chi connectivity index (χ4n) is 2.48. The molecule has 1 heterocycles. The summed E-state index contributed by atoms with van der Waals surface area (Å²) in [5.74, 6) is -0.283. The van der Waals surface area contributed by atoms with Crippen molar-refractivity contribution in [1.82, 2.24) is 4.90 Å². The van der Waals surface area contributed by atoms with E-state index in [9.17, 15) is 4.79 Å². The normalized spacial score (nSPS) is 24.8. The van der Waals surface area contributed by atoms with E-state index in [1.54, 1.807) is 0 Å². The van der Waals surface area contributed by atoms with E-state index in [0.717, 1.165) is 29.5 Å². The first-order valence-corrected chi connectivity index (χ1v) is 6.83. The summed E-state index contributed by atoms with van der Waals surface area (Å²) in [7, 11) is 2.01. The molecule has 2 rings (SSSR count). The van der Waals surface area contributed by atoms with Crippen molar-refractivity contribution in [2.45, 2.75) is 18.4 Å². The predicted molar refractivity (Wildman–Crippen MR) is 76.4 cm³/mol. The SMILES string of the molecule is CN1CCCC(Nc2cccc(Br)c2)(C(N)=O)C1. The van der Waals surface area contributed by atoms with Crippen molar-refractivity contribution in [2.75, 3.05) is 25.5 Å². The molecular formula is C13H18BrN3O. The van der Waals surface area contributed by atoms with Gasteiger partial charge in [-0.2, -0.15) is 0 Å². The number of likely N-dealkylation sites (N-methyl/N-ethyl adjacent to an activating group) is 1. The molecular weight excluding hydrogens is 294 g/mol.